The van der Waals surface area contributed by atoms with Crippen molar-refractivity contribution >= 4 is 11.6 Å². The lowest BCUT2D eigenvalue weighted by atomic mass is 9.82. The predicted octanol–water partition coefficient (Wildman–Crippen LogP) is -2.70. The average molecular weight is 564 g/mol. The molecule has 0 radical (unpaired) electrons. The maximum absolute atomic E-state index is 13.1. The van der Waals surface area contributed by atoms with Gasteiger partial charge in [-0.05, 0) is 6.07 Å². The van der Waals surface area contributed by atoms with Crippen molar-refractivity contribution in [3.8, 4) is 11.5 Å². The van der Waals surface area contributed by atoms with Gasteiger partial charge in [0.1, 0.15) is 54.2 Å². The number of ether oxygens (including phenoxy) is 4. The van der Waals surface area contributed by atoms with Crippen LogP contribution in [0.3, 0.4) is 0 Å². The first-order valence-electron chi connectivity index (χ1n) is 12.4. The second-order valence-corrected chi connectivity index (χ2v) is 9.70. The van der Waals surface area contributed by atoms with Gasteiger partial charge in [-0.1, -0.05) is 24.3 Å². The standard InChI is InChI=1S/C26H28O14/c27-6-12-14(5-11-16(19(12)31)18(30)10-4-2-1-3-9(10)17(11)29)39-26-24(36)22(34)21(33)15(40-26)8-38-25-23(35)20(32)13(28)7-37-25/h1-5,13,15,20-28,31-36H,6-8H2/t13-,15-,20+,21-,22+,23-,24-,25+,26-/m1/s1. The summed E-state index contributed by atoms with van der Waals surface area (Å²) in [5, 5.41) is 81.6. The van der Waals surface area contributed by atoms with E-state index in [1.54, 1.807) is 12.1 Å². The third-order valence-corrected chi connectivity index (χ3v) is 7.20. The Bertz CT molecular complexity index is 1300. The number of aliphatic hydroxyl groups excluding tert-OH is 7. The van der Waals surface area contributed by atoms with Crippen LogP contribution < -0.4 is 4.74 Å². The van der Waals surface area contributed by atoms with Crippen molar-refractivity contribution in [3.05, 3.63) is 58.1 Å². The number of rotatable bonds is 6. The summed E-state index contributed by atoms with van der Waals surface area (Å²) in [7, 11) is 0. The van der Waals surface area contributed by atoms with Gasteiger partial charge in [-0.2, -0.15) is 0 Å². The van der Waals surface area contributed by atoms with E-state index in [0.29, 0.717) is 0 Å². The van der Waals surface area contributed by atoms with Crippen LogP contribution in [0.1, 0.15) is 37.4 Å². The van der Waals surface area contributed by atoms with Crippen molar-refractivity contribution < 1.29 is 69.4 Å². The summed E-state index contributed by atoms with van der Waals surface area (Å²) in [6, 6.07) is 7.11. The second kappa shape index (κ2) is 11.1. The number of aliphatic hydroxyl groups is 7. The maximum Gasteiger partial charge on any atom is 0.229 e. The number of carbonyl (C=O) groups excluding carboxylic acids is 2. The molecule has 216 valence electrons. The van der Waals surface area contributed by atoms with Crippen LogP contribution in [0.2, 0.25) is 0 Å². The molecule has 2 aromatic carbocycles. The first kappa shape index (κ1) is 28.5. The largest absolute Gasteiger partial charge is 0.507 e. The van der Waals surface area contributed by atoms with Crippen molar-refractivity contribution in [2.45, 2.75) is 61.9 Å². The zero-order valence-electron chi connectivity index (χ0n) is 20.7. The Morgan fingerprint density at radius 1 is 0.825 bits per heavy atom. The molecule has 14 heteroatoms. The Morgan fingerprint density at radius 2 is 1.48 bits per heavy atom. The molecule has 5 rings (SSSR count). The Balaban J connectivity index is 1.39. The zero-order valence-corrected chi connectivity index (χ0v) is 20.7. The highest BCUT2D eigenvalue weighted by atomic mass is 16.7. The molecule has 0 amide bonds. The number of benzene rings is 2. The first-order valence-corrected chi connectivity index (χ1v) is 12.4. The Labute approximate surface area is 226 Å². The van der Waals surface area contributed by atoms with Crippen LogP contribution in [0.4, 0.5) is 0 Å². The summed E-state index contributed by atoms with van der Waals surface area (Å²) in [5.74, 6) is -2.29. The number of fused-ring (bicyclic) bond motifs is 2. The fourth-order valence-electron chi connectivity index (χ4n) is 4.90. The van der Waals surface area contributed by atoms with E-state index in [2.05, 4.69) is 0 Å². The Morgan fingerprint density at radius 3 is 2.15 bits per heavy atom. The monoisotopic (exact) mass is 564 g/mol. The molecule has 14 nitrogen and oxygen atoms in total. The average Bonchev–Trinajstić information content (AvgIpc) is 2.95. The van der Waals surface area contributed by atoms with Crippen LogP contribution in [0.25, 0.3) is 0 Å². The van der Waals surface area contributed by atoms with E-state index in [1.165, 1.54) is 12.1 Å². The number of aromatic hydroxyl groups is 1. The fraction of sp³-hybridized carbons (Fsp3) is 0.462. The van der Waals surface area contributed by atoms with E-state index in [9.17, 15) is 50.4 Å². The highest BCUT2D eigenvalue weighted by Crippen LogP contribution is 2.41. The molecule has 2 fully saturated rings. The normalized spacial score (nSPS) is 33.8. The van der Waals surface area contributed by atoms with Gasteiger partial charge in [0.2, 0.25) is 6.29 Å². The van der Waals surface area contributed by atoms with E-state index in [-0.39, 0.29) is 40.2 Å². The minimum Gasteiger partial charge on any atom is -0.507 e. The molecule has 3 aliphatic rings. The second-order valence-electron chi connectivity index (χ2n) is 9.70. The lowest BCUT2D eigenvalue weighted by Gasteiger charge is -2.41. The van der Waals surface area contributed by atoms with Crippen LogP contribution >= 0.6 is 0 Å². The summed E-state index contributed by atoms with van der Waals surface area (Å²) in [6.07, 6.45) is -14.5. The molecule has 2 saturated heterocycles. The molecular weight excluding hydrogens is 536 g/mol. The number of hydrogen-bond acceptors (Lipinski definition) is 14. The molecule has 0 aromatic heterocycles. The lowest BCUT2D eigenvalue weighted by Crippen LogP contribution is -2.61. The first-order chi connectivity index (χ1) is 19.0. The van der Waals surface area contributed by atoms with Crippen molar-refractivity contribution in [2.75, 3.05) is 13.2 Å². The number of phenols is 1. The lowest BCUT2D eigenvalue weighted by molar-refractivity contribution is -0.307. The molecule has 0 spiro atoms. The van der Waals surface area contributed by atoms with Gasteiger partial charge in [0, 0.05) is 16.7 Å². The summed E-state index contributed by atoms with van der Waals surface area (Å²) in [5.41, 5.74) is -0.673. The third kappa shape index (κ3) is 4.77. The van der Waals surface area contributed by atoms with E-state index < -0.39 is 85.8 Å². The van der Waals surface area contributed by atoms with Crippen molar-refractivity contribution in [3.63, 3.8) is 0 Å². The summed E-state index contributed by atoms with van der Waals surface area (Å²) in [4.78, 5) is 26.2. The predicted molar refractivity (Wildman–Crippen MR) is 128 cm³/mol. The minimum absolute atomic E-state index is 0.0768. The summed E-state index contributed by atoms with van der Waals surface area (Å²) in [6.45, 7) is -1.73. The van der Waals surface area contributed by atoms with Gasteiger partial charge in [-0.3, -0.25) is 9.59 Å². The summed E-state index contributed by atoms with van der Waals surface area (Å²) >= 11 is 0. The van der Waals surface area contributed by atoms with Crippen molar-refractivity contribution in [1.29, 1.82) is 0 Å². The zero-order chi connectivity index (χ0) is 28.9. The van der Waals surface area contributed by atoms with Gasteiger partial charge in [0.15, 0.2) is 17.9 Å². The van der Waals surface area contributed by atoms with Gasteiger partial charge in [0.25, 0.3) is 0 Å². The molecule has 2 heterocycles. The highest BCUT2D eigenvalue weighted by molar-refractivity contribution is 6.29. The van der Waals surface area contributed by atoms with Crippen LogP contribution in [-0.4, -0.2) is 121 Å². The molecule has 2 aliphatic heterocycles. The van der Waals surface area contributed by atoms with Crippen LogP contribution in [0.5, 0.6) is 11.5 Å². The molecule has 0 saturated carbocycles. The Hall–Kier alpha value is -3.02. The molecule has 8 N–H and O–H groups in total. The van der Waals surface area contributed by atoms with E-state index in [1.807, 2.05) is 0 Å². The smallest absolute Gasteiger partial charge is 0.229 e. The van der Waals surface area contributed by atoms with Gasteiger partial charge in [-0.15, -0.1) is 0 Å². The quantitative estimate of drug-likeness (QED) is 0.152. The van der Waals surface area contributed by atoms with Gasteiger partial charge < -0.3 is 59.8 Å². The van der Waals surface area contributed by atoms with E-state index in [4.69, 9.17) is 18.9 Å². The SMILES string of the molecule is O=C1c2ccccc2C(=O)c2c1cc(O[C@@H]1O[C@H](CO[C@@H]3OC[C@@H](O)[C@H](O)[C@H]3O)[C@@H](O)[C@H](O)[C@H]1O)c(CO)c2O. The molecule has 0 unspecified atom stereocenters. The molecule has 9 atom stereocenters. The molecule has 2 aromatic rings. The maximum atomic E-state index is 13.1. The van der Waals surface area contributed by atoms with E-state index >= 15 is 0 Å². The van der Waals surface area contributed by atoms with Crippen LogP contribution in [0.15, 0.2) is 30.3 Å². The number of hydrogen-bond donors (Lipinski definition) is 8. The van der Waals surface area contributed by atoms with E-state index in [0.717, 1.165) is 6.07 Å². The topological polar surface area (TPSA) is 233 Å². The number of ketones is 2. The number of carbonyl (C=O) groups is 2. The molecular formula is C26H28O14. The van der Waals surface area contributed by atoms with Gasteiger partial charge in [0.05, 0.1) is 30.9 Å². The molecule has 40 heavy (non-hydrogen) atoms. The molecule has 0 bridgehead atoms. The van der Waals surface area contributed by atoms with Gasteiger partial charge in [-0.25, -0.2) is 0 Å². The Kier molecular flexibility index (Phi) is 7.91. The third-order valence-electron chi connectivity index (χ3n) is 7.20. The fourth-order valence-corrected chi connectivity index (χ4v) is 4.90. The minimum atomic E-state index is -1.86. The highest BCUT2D eigenvalue weighted by Gasteiger charge is 2.47. The van der Waals surface area contributed by atoms with Crippen molar-refractivity contribution in [2.24, 2.45) is 0 Å². The van der Waals surface area contributed by atoms with Crippen LogP contribution in [0, 0.1) is 0 Å². The van der Waals surface area contributed by atoms with Gasteiger partial charge >= 0.3 is 0 Å². The van der Waals surface area contributed by atoms with Crippen LogP contribution in [-0.2, 0) is 20.8 Å². The van der Waals surface area contributed by atoms with Crippen molar-refractivity contribution in [1.82, 2.24) is 0 Å². The summed E-state index contributed by atoms with van der Waals surface area (Å²) < 4.78 is 21.7. The molecule has 1 aliphatic carbocycles.